The molecular weight excluding hydrogens is 240 g/mol. The molecule has 108 valence electrons. The third-order valence-electron chi connectivity index (χ3n) is 3.81. The second-order valence-electron chi connectivity index (χ2n) is 6.04. The highest BCUT2D eigenvalue weighted by molar-refractivity contribution is 5.16. The van der Waals surface area contributed by atoms with Crippen molar-refractivity contribution in [3.8, 4) is 0 Å². The van der Waals surface area contributed by atoms with Crippen LogP contribution in [0, 0.1) is 11.8 Å². The van der Waals surface area contributed by atoms with Gasteiger partial charge in [0.15, 0.2) is 0 Å². The van der Waals surface area contributed by atoms with Gasteiger partial charge in [0.2, 0.25) is 5.89 Å². The summed E-state index contributed by atoms with van der Waals surface area (Å²) in [5, 5.41) is 14.6. The lowest BCUT2D eigenvalue weighted by atomic mass is 9.83. The van der Waals surface area contributed by atoms with Crippen LogP contribution in [0.4, 0.5) is 6.01 Å². The van der Waals surface area contributed by atoms with E-state index in [0.717, 1.165) is 18.4 Å². The Bertz CT molecular complexity index is 369. The van der Waals surface area contributed by atoms with E-state index in [0.29, 0.717) is 24.5 Å². The molecule has 0 unspecified atom stereocenters. The van der Waals surface area contributed by atoms with Gasteiger partial charge in [0, 0.05) is 12.6 Å². The predicted molar refractivity (Wildman–Crippen MR) is 75.9 cm³/mol. The van der Waals surface area contributed by atoms with Gasteiger partial charge >= 0.3 is 6.01 Å². The van der Waals surface area contributed by atoms with Crippen LogP contribution in [-0.4, -0.2) is 22.8 Å². The zero-order chi connectivity index (χ0) is 13.7. The zero-order valence-electron chi connectivity index (χ0n) is 12.3. The minimum atomic E-state index is 0.424. The highest BCUT2D eigenvalue weighted by atomic mass is 16.4. The topological polar surface area (TPSA) is 63.0 Å². The quantitative estimate of drug-likeness (QED) is 0.829. The minimum absolute atomic E-state index is 0.424. The summed E-state index contributed by atoms with van der Waals surface area (Å²) in [6.07, 6.45) is 5.31. The molecular formula is C14H26N4O. The normalized spacial score (nSPS) is 23.8. The van der Waals surface area contributed by atoms with Gasteiger partial charge in [0.25, 0.3) is 0 Å². The van der Waals surface area contributed by atoms with Crippen LogP contribution in [0.2, 0.25) is 0 Å². The van der Waals surface area contributed by atoms with Crippen LogP contribution in [0.1, 0.15) is 52.3 Å². The lowest BCUT2D eigenvalue weighted by Gasteiger charge is -2.25. The first-order chi connectivity index (χ1) is 9.13. The van der Waals surface area contributed by atoms with Gasteiger partial charge in [-0.05, 0) is 24.7 Å². The minimum Gasteiger partial charge on any atom is -0.407 e. The van der Waals surface area contributed by atoms with E-state index in [1.807, 2.05) is 0 Å². The van der Waals surface area contributed by atoms with Crippen LogP contribution in [-0.2, 0) is 6.54 Å². The summed E-state index contributed by atoms with van der Waals surface area (Å²) in [6.45, 7) is 8.12. The zero-order valence-corrected chi connectivity index (χ0v) is 12.3. The van der Waals surface area contributed by atoms with E-state index < -0.39 is 0 Å². The highest BCUT2D eigenvalue weighted by Crippen LogP contribution is 2.28. The van der Waals surface area contributed by atoms with E-state index in [1.54, 1.807) is 0 Å². The smallest absolute Gasteiger partial charge is 0.315 e. The molecule has 0 aliphatic heterocycles. The average Bonchev–Trinajstić information content (AvgIpc) is 2.84. The number of rotatable bonds is 6. The molecule has 1 aliphatic rings. The summed E-state index contributed by atoms with van der Waals surface area (Å²) >= 11 is 0. The molecule has 0 aromatic carbocycles. The summed E-state index contributed by atoms with van der Waals surface area (Å²) in [5.74, 6) is 2.29. The lowest BCUT2D eigenvalue weighted by molar-refractivity contribution is 0.299. The maximum atomic E-state index is 5.55. The van der Waals surface area contributed by atoms with Crippen molar-refractivity contribution in [1.29, 1.82) is 0 Å². The van der Waals surface area contributed by atoms with Crippen molar-refractivity contribution < 1.29 is 4.42 Å². The summed E-state index contributed by atoms with van der Waals surface area (Å²) in [7, 11) is 0. The number of anilines is 1. The second-order valence-corrected chi connectivity index (χ2v) is 6.04. The lowest BCUT2D eigenvalue weighted by Crippen LogP contribution is -2.22. The Balaban J connectivity index is 1.71. The molecule has 1 aromatic heterocycles. The highest BCUT2D eigenvalue weighted by Gasteiger charge is 2.18. The molecule has 2 rings (SSSR count). The first kappa shape index (κ1) is 14.3. The molecule has 1 fully saturated rings. The molecule has 1 heterocycles. The largest absolute Gasteiger partial charge is 0.407 e. The van der Waals surface area contributed by atoms with Gasteiger partial charge in [0.05, 0.1) is 6.54 Å². The molecule has 5 heteroatoms. The van der Waals surface area contributed by atoms with E-state index in [-0.39, 0.29) is 0 Å². The second kappa shape index (κ2) is 6.89. The number of hydrogen-bond donors (Lipinski definition) is 2. The monoisotopic (exact) mass is 266 g/mol. The van der Waals surface area contributed by atoms with E-state index in [4.69, 9.17) is 4.42 Å². The van der Waals surface area contributed by atoms with Crippen molar-refractivity contribution >= 4 is 6.01 Å². The molecule has 0 atom stereocenters. The van der Waals surface area contributed by atoms with E-state index in [1.165, 1.54) is 25.7 Å². The number of nitrogens with zero attached hydrogens (tertiary/aromatic N) is 2. The van der Waals surface area contributed by atoms with Crippen LogP contribution in [0.3, 0.4) is 0 Å². The summed E-state index contributed by atoms with van der Waals surface area (Å²) in [4.78, 5) is 0. The molecule has 1 saturated carbocycles. The first-order valence-electron chi connectivity index (χ1n) is 7.43. The number of hydrogen-bond acceptors (Lipinski definition) is 5. The van der Waals surface area contributed by atoms with Gasteiger partial charge in [-0.3, -0.25) is 0 Å². The fourth-order valence-corrected chi connectivity index (χ4v) is 2.45. The Morgan fingerprint density at radius 3 is 2.63 bits per heavy atom. The van der Waals surface area contributed by atoms with Gasteiger partial charge in [-0.2, -0.15) is 0 Å². The number of aromatic nitrogens is 2. The van der Waals surface area contributed by atoms with Crippen molar-refractivity contribution in [2.75, 3.05) is 11.9 Å². The van der Waals surface area contributed by atoms with Gasteiger partial charge in [0.1, 0.15) is 0 Å². The Labute approximate surface area is 115 Å². The summed E-state index contributed by atoms with van der Waals surface area (Å²) < 4.78 is 5.55. The molecule has 1 aliphatic carbocycles. The van der Waals surface area contributed by atoms with Crippen molar-refractivity contribution in [3.63, 3.8) is 0 Å². The summed E-state index contributed by atoms with van der Waals surface area (Å²) in [5.41, 5.74) is 0. The first-order valence-corrected chi connectivity index (χ1v) is 7.43. The Morgan fingerprint density at radius 1 is 1.21 bits per heavy atom. The Kier molecular flexibility index (Phi) is 5.19. The van der Waals surface area contributed by atoms with Crippen molar-refractivity contribution in [2.24, 2.45) is 11.8 Å². The van der Waals surface area contributed by atoms with Gasteiger partial charge in [-0.25, -0.2) is 0 Å². The molecule has 0 bridgehead atoms. The molecule has 0 saturated heterocycles. The SMILES string of the molecule is CC1CCC(CNc2nnc(CNC(C)C)o2)CC1. The van der Waals surface area contributed by atoms with Crippen LogP contribution in [0.15, 0.2) is 4.42 Å². The standard InChI is InChI=1S/C14H26N4O/c1-10(2)15-9-13-17-18-14(19-13)16-8-12-6-4-11(3)5-7-12/h10-12,15H,4-9H2,1-3H3,(H,16,18). The third-order valence-corrected chi connectivity index (χ3v) is 3.81. The van der Waals surface area contributed by atoms with Crippen molar-refractivity contribution in [3.05, 3.63) is 5.89 Å². The molecule has 0 amide bonds. The van der Waals surface area contributed by atoms with E-state index in [9.17, 15) is 0 Å². The van der Waals surface area contributed by atoms with Gasteiger partial charge < -0.3 is 15.1 Å². The predicted octanol–water partition coefficient (Wildman–Crippen LogP) is 2.81. The van der Waals surface area contributed by atoms with Crippen LogP contribution >= 0.6 is 0 Å². The van der Waals surface area contributed by atoms with Crippen LogP contribution in [0.5, 0.6) is 0 Å². The van der Waals surface area contributed by atoms with Crippen LogP contribution in [0.25, 0.3) is 0 Å². The Hall–Kier alpha value is -1.10. The van der Waals surface area contributed by atoms with E-state index in [2.05, 4.69) is 41.6 Å². The summed E-state index contributed by atoms with van der Waals surface area (Å²) in [6, 6.07) is 0.978. The molecule has 5 nitrogen and oxygen atoms in total. The van der Waals surface area contributed by atoms with Gasteiger partial charge in [-0.1, -0.05) is 38.7 Å². The average molecular weight is 266 g/mol. The van der Waals surface area contributed by atoms with E-state index >= 15 is 0 Å². The maximum absolute atomic E-state index is 5.55. The molecule has 19 heavy (non-hydrogen) atoms. The van der Waals surface area contributed by atoms with Crippen molar-refractivity contribution in [2.45, 2.75) is 59.0 Å². The third kappa shape index (κ3) is 4.82. The van der Waals surface area contributed by atoms with Crippen LogP contribution < -0.4 is 10.6 Å². The van der Waals surface area contributed by atoms with Gasteiger partial charge in [-0.15, -0.1) is 5.10 Å². The fraction of sp³-hybridized carbons (Fsp3) is 0.857. The number of nitrogens with one attached hydrogen (secondary N) is 2. The molecule has 0 spiro atoms. The Morgan fingerprint density at radius 2 is 1.95 bits per heavy atom. The molecule has 0 radical (unpaired) electrons. The fourth-order valence-electron chi connectivity index (χ4n) is 2.45. The molecule has 2 N–H and O–H groups in total. The van der Waals surface area contributed by atoms with Crippen molar-refractivity contribution in [1.82, 2.24) is 15.5 Å². The maximum Gasteiger partial charge on any atom is 0.315 e. The molecule has 1 aromatic rings.